The van der Waals surface area contributed by atoms with Gasteiger partial charge in [0.25, 0.3) is 0 Å². The van der Waals surface area contributed by atoms with E-state index in [1.165, 1.54) is 12.1 Å². The van der Waals surface area contributed by atoms with Gasteiger partial charge >= 0.3 is 0 Å². The number of aryl methyl sites for hydroxylation is 1. The Morgan fingerprint density at radius 2 is 2.05 bits per heavy atom. The molecule has 20 heavy (non-hydrogen) atoms. The van der Waals surface area contributed by atoms with Crippen LogP contribution >= 0.6 is 0 Å². The number of rotatable bonds is 4. The van der Waals surface area contributed by atoms with Crippen LogP contribution in [0.1, 0.15) is 16.7 Å². The topological polar surface area (TPSA) is 70.6 Å². The lowest BCUT2D eigenvalue weighted by molar-refractivity contribution is 0.318. The lowest BCUT2D eigenvalue weighted by atomic mass is 10.1. The summed E-state index contributed by atoms with van der Waals surface area (Å²) in [7, 11) is 0. The first kappa shape index (κ1) is 13.9. The van der Waals surface area contributed by atoms with Gasteiger partial charge in [-0.2, -0.15) is 0 Å². The van der Waals surface area contributed by atoms with Crippen molar-refractivity contribution in [1.29, 1.82) is 0 Å². The van der Waals surface area contributed by atoms with Crippen LogP contribution in [0.5, 0.6) is 0 Å². The molecule has 0 amide bonds. The number of oxime groups is 1. The standard InChI is InChI=1S/C15H16FN3O/c1-10-8-12(16)6-7-14(10)18-9-11-4-2-3-5-13(11)15(17)19-20/h2-8,18,20H,9H2,1H3,(H2,17,19). The Bertz CT molecular complexity index is 641. The van der Waals surface area contributed by atoms with Crippen LogP contribution in [0.15, 0.2) is 47.6 Å². The molecule has 2 aromatic rings. The first-order valence-corrected chi connectivity index (χ1v) is 6.17. The number of nitrogens with zero attached hydrogens (tertiary/aromatic N) is 1. The van der Waals surface area contributed by atoms with Crippen LogP contribution in [0.25, 0.3) is 0 Å². The molecule has 0 saturated carbocycles. The van der Waals surface area contributed by atoms with E-state index in [9.17, 15) is 4.39 Å². The Kier molecular flexibility index (Phi) is 4.20. The molecule has 0 fully saturated rings. The zero-order valence-corrected chi connectivity index (χ0v) is 11.1. The predicted octanol–water partition coefficient (Wildman–Crippen LogP) is 2.84. The van der Waals surface area contributed by atoms with Gasteiger partial charge in [0.1, 0.15) is 5.82 Å². The van der Waals surface area contributed by atoms with Crippen LogP contribution in [-0.4, -0.2) is 11.0 Å². The van der Waals surface area contributed by atoms with E-state index in [1.807, 2.05) is 25.1 Å². The van der Waals surface area contributed by atoms with Crippen molar-refractivity contribution in [3.63, 3.8) is 0 Å². The highest BCUT2D eigenvalue weighted by Crippen LogP contribution is 2.18. The van der Waals surface area contributed by atoms with Gasteiger partial charge in [0.2, 0.25) is 0 Å². The summed E-state index contributed by atoms with van der Waals surface area (Å²) >= 11 is 0. The average molecular weight is 273 g/mol. The van der Waals surface area contributed by atoms with Gasteiger partial charge in [0, 0.05) is 17.8 Å². The fourth-order valence-corrected chi connectivity index (χ4v) is 1.99. The van der Waals surface area contributed by atoms with Gasteiger partial charge in [-0.3, -0.25) is 0 Å². The third kappa shape index (κ3) is 3.06. The maximum absolute atomic E-state index is 13.0. The molecule has 0 heterocycles. The van der Waals surface area contributed by atoms with E-state index in [2.05, 4.69) is 10.5 Å². The fourth-order valence-electron chi connectivity index (χ4n) is 1.99. The smallest absolute Gasteiger partial charge is 0.170 e. The van der Waals surface area contributed by atoms with Crippen molar-refractivity contribution in [3.05, 3.63) is 65.0 Å². The first-order chi connectivity index (χ1) is 9.61. The summed E-state index contributed by atoms with van der Waals surface area (Å²) in [5.41, 5.74) is 8.87. The molecule has 4 N–H and O–H groups in total. The average Bonchev–Trinajstić information content (AvgIpc) is 2.46. The largest absolute Gasteiger partial charge is 0.409 e. The Morgan fingerprint density at radius 3 is 2.75 bits per heavy atom. The molecule has 0 saturated heterocycles. The second-order valence-electron chi connectivity index (χ2n) is 4.46. The third-order valence-electron chi connectivity index (χ3n) is 3.06. The van der Waals surface area contributed by atoms with E-state index in [0.29, 0.717) is 12.1 Å². The Balaban J connectivity index is 2.19. The maximum Gasteiger partial charge on any atom is 0.170 e. The molecule has 5 heteroatoms. The summed E-state index contributed by atoms with van der Waals surface area (Å²) < 4.78 is 13.0. The van der Waals surface area contributed by atoms with Crippen LogP contribution in [0.4, 0.5) is 10.1 Å². The highest BCUT2D eigenvalue weighted by atomic mass is 19.1. The number of benzene rings is 2. The van der Waals surface area contributed by atoms with Crippen molar-refractivity contribution in [2.45, 2.75) is 13.5 Å². The monoisotopic (exact) mass is 273 g/mol. The van der Waals surface area contributed by atoms with Crippen LogP contribution < -0.4 is 11.1 Å². The van der Waals surface area contributed by atoms with Crippen molar-refractivity contribution in [2.24, 2.45) is 10.9 Å². The number of anilines is 1. The minimum absolute atomic E-state index is 0.0678. The number of amidine groups is 1. The summed E-state index contributed by atoms with van der Waals surface area (Å²) in [5, 5.41) is 15.0. The number of hydrogen-bond acceptors (Lipinski definition) is 3. The van der Waals surface area contributed by atoms with E-state index in [4.69, 9.17) is 10.9 Å². The quantitative estimate of drug-likeness (QED) is 0.347. The lowest BCUT2D eigenvalue weighted by Gasteiger charge is -2.12. The predicted molar refractivity (Wildman–Crippen MR) is 77.4 cm³/mol. The van der Waals surface area contributed by atoms with Gasteiger partial charge in [0.15, 0.2) is 5.84 Å². The molecule has 0 aliphatic rings. The second-order valence-corrected chi connectivity index (χ2v) is 4.46. The van der Waals surface area contributed by atoms with Crippen molar-refractivity contribution in [2.75, 3.05) is 5.32 Å². The van der Waals surface area contributed by atoms with Crippen molar-refractivity contribution in [3.8, 4) is 0 Å². The second kappa shape index (κ2) is 6.06. The molecule has 4 nitrogen and oxygen atoms in total. The number of nitrogens with one attached hydrogen (secondary N) is 1. The number of halogens is 1. The maximum atomic E-state index is 13.0. The molecule has 104 valence electrons. The highest BCUT2D eigenvalue weighted by molar-refractivity contribution is 5.98. The number of nitrogens with two attached hydrogens (primary N) is 1. The van der Waals surface area contributed by atoms with E-state index < -0.39 is 0 Å². The zero-order valence-electron chi connectivity index (χ0n) is 11.1. The summed E-state index contributed by atoms with van der Waals surface area (Å²) in [6.07, 6.45) is 0. The van der Waals surface area contributed by atoms with Crippen molar-refractivity contribution in [1.82, 2.24) is 0 Å². The summed E-state index contributed by atoms with van der Waals surface area (Å²) in [6.45, 7) is 2.33. The molecule has 2 aromatic carbocycles. The fraction of sp³-hybridized carbons (Fsp3) is 0.133. The van der Waals surface area contributed by atoms with Crippen molar-refractivity contribution >= 4 is 11.5 Å². The molecule has 0 aromatic heterocycles. The Labute approximate surface area is 116 Å². The van der Waals surface area contributed by atoms with Gasteiger partial charge in [-0.1, -0.05) is 29.4 Å². The summed E-state index contributed by atoms with van der Waals surface area (Å²) in [5.74, 6) is -0.191. The molecule has 0 aliphatic heterocycles. The van der Waals surface area contributed by atoms with Crippen LogP contribution in [0.3, 0.4) is 0 Å². The van der Waals surface area contributed by atoms with E-state index in [1.54, 1.807) is 12.1 Å². The van der Waals surface area contributed by atoms with E-state index in [0.717, 1.165) is 16.8 Å². The molecule has 2 rings (SSSR count). The van der Waals surface area contributed by atoms with Crippen LogP contribution in [0.2, 0.25) is 0 Å². The van der Waals surface area contributed by atoms with Crippen LogP contribution in [0, 0.1) is 12.7 Å². The minimum Gasteiger partial charge on any atom is -0.409 e. The van der Waals surface area contributed by atoms with E-state index in [-0.39, 0.29) is 11.7 Å². The SMILES string of the molecule is Cc1cc(F)ccc1NCc1ccccc1C(N)=NO. The van der Waals surface area contributed by atoms with Gasteiger partial charge in [-0.15, -0.1) is 0 Å². The normalized spacial score (nSPS) is 11.4. The Morgan fingerprint density at radius 1 is 1.30 bits per heavy atom. The molecule has 0 radical (unpaired) electrons. The molecule has 0 atom stereocenters. The van der Waals surface area contributed by atoms with Crippen LogP contribution in [-0.2, 0) is 6.54 Å². The van der Waals surface area contributed by atoms with E-state index >= 15 is 0 Å². The molecule has 0 spiro atoms. The van der Waals surface area contributed by atoms with Gasteiger partial charge in [-0.25, -0.2) is 4.39 Å². The third-order valence-corrected chi connectivity index (χ3v) is 3.06. The van der Waals surface area contributed by atoms with Gasteiger partial charge in [-0.05, 0) is 36.2 Å². The first-order valence-electron chi connectivity index (χ1n) is 6.17. The summed E-state index contributed by atoms with van der Waals surface area (Å²) in [6, 6.07) is 11.9. The lowest BCUT2D eigenvalue weighted by Crippen LogP contribution is -2.16. The van der Waals surface area contributed by atoms with Crippen molar-refractivity contribution < 1.29 is 9.60 Å². The molecule has 0 bridgehead atoms. The van der Waals surface area contributed by atoms with Gasteiger partial charge < -0.3 is 16.3 Å². The highest BCUT2D eigenvalue weighted by Gasteiger charge is 2.07. The zero-order chi connectivity index (χ0) is 14.5. The minimum atomic E-state index is -0.259. The summed E-state index contributed by atoms with van der Waals surface area (Å²) in [4.78, 5) is 0. The molecular weight excluding hydrogens is 257 g/mol. The molecular formula is C15H16FN3O. The van der Waals surface area contributed by atoms with Gasteiger partial charge in [0.05, 0.1) is 0 Å². The molecule has 0 unspecified atom stereocenters. The number of hydrogen-bond donors (Lipinski definition) is 3. The Hall–Kier alpha value is -2.56. The molecule has 0 aliphatic carbocycles.